The summed E-state index contributed by atoms with van der Waals surface area (Å²) < 4.78 is 14.9. The zero-order valence-electron chi connectivity index (χ0n) is 15.9. The second-order valence-corrected chi connectivity index (χ2v) is 7.87. The molecule has 0 bridgehead atoms. The van der Waals surface area contributed by atoms with Gasteiger partial charge in [0.25, 0.3) is 0 Å². The smallest absolute Gasteiger partial charge is 0 e. The van der Waals surface area contributed by atoms with Crippen LogP contribution in [0.1, 0.15) is 110 Å². The first kappa shape index (κ1) is 31.4. The summed E-state index contributed by atoms with van der Waals surface area (Å²) in [5.41, 5.74) is 0. The molecule has 2 N–H and O–H groups in total. The maximum absolute atomic E-state index is 10.5. The molecule has 0 aromatic rings. The van der Waals surface area contributed by atoms with Gasteiger partial charge in [0.15, 0.2) is 0 Å². The summed E-state index contributed by atoms with van der Waals surface area (Å²) in [6.07, 6.45) is 20.7. The Morgan fingerprint density at radius 2 is 0.920 bits per heavy atom. The van der Waals surface area contributed by atoms with Crippen molar-refractivity contribution in [3.05, 3.63) is 0 Å². The van der Waals surface area contributed by atoms with E-state index in [0.717, 1.165) is 19.3 Å². The average molecular weight is 440 g/mol. The van der Waals surface area contributed by atoms with Crippen LogP contribution in [-0.4, -0.2) is 46.0 Å². The molecule has 0 aromatic carbocycles. The van der Waals surface area contributed by atoms with Crippen molar-refractivity contribution in [3.8, 4) is 0 Å². The molecule has 0 unspecified atom stereocenters. The van der Waals surface area contributed by atoms with E-state index in [1.165, 1.54) is 83.5 Å². The first-order chi connectivity index (χ1) is 11.1. The van der Waals surface area contributed by atoms with Gasteiger partial charge < -0.3 is 9.79 Å². The topological polar surface area (TPSA) is 66.8 Å². The van der Waals surface area contributed by atoms with Gasteiger partial charge in [0.05, 0.1) is 6.61 Å². The Kier molecular flexibility index (Phi) is 29.9. The van der Waals surface area contributed by atoms with Crippen LogP contribution in [-0.2, 0) is 28.6 Å². The third-order valence-electron chi connectivity index (χ3n) is 4.26. The van der Waals surface area contributed by atoms with E-state index in [1.54, 1.807) is 0 Å². The molecule has 0 fully saturated rings. The van der Waals surface area contributed by atoms with E-state index in [9.17, 15) is 4.57 Å². The fourth-order valence-corrected chi connectivity index (χ4v) is 3.20. The van der Waals surface area contributed by atoms with Crippen LogP contribution in [0.15, 0.2) is 0 Å². The van der Waals surface area contributed by atoms with Gasteiger partial charge in [-0.25, -0.2) is 4.57 Å². The fourth-order valence-electron chi connectivity index (χ4n) is 2.83. The summed E-state index contributed by atoms with van der Waals surface area (Å²) in [5, 5.41) is 0. The van der Waals surface area contributed by atoms with Gasteiger partial charge in [0.2, 0.25) is 0 Å². The van der Waals surface area contributed by atoms with Crippen LogP contribution in [0.5, 0.6) is 0 Å². The van der Waals surface area contributed by atoms with Crippen LogP contribution < -0.4 is 0 Å². The molecular formula is C18H40NaO4PZn. The third kappa shape index (κ3) is 30.7. The van der Waals surface area contributed by atoms with Crippen molar-refractivity contribution in [3.63, 3.8) is 0 Å². The predicted octanol–water partition coefficient (Wildman–Crippen LogP) is 5.71. The average Bonchev–Trinajstić information content (AvgIpc) is 2.49. The maximum Gasteiger partial charge on any atom is 0 e. The molecule has 0 aliphatic rings. The summed E-state index contributed by atoms with van der Waals surface area (Å²) in [4.78, 5) is 17.1. The van der Waals surface area contributed by atoms with Crippen LogP contribution >= 0.6 is 7.82 Å². The van der Waals surface area contributed by atoms with Crippen LogP contribution in [0.3, 0.4) is 0 Å². The van der Waals surface area contributed by atoms with Gasteiger partial charge in [0, 0.05) is 19.5 Å². The molecule has 0 spiro atoms. The van der Waals surface area contributed by atoms with E-state index in [0.29, 0.717) is 0 Å². The van der Waals surface area contributed by atoms with Gasteiger partial charge in [-0.1, -0.05) is 103 Å². The van der Waals surface area contributed by atoms with Gasteiger partial charge in [-0.05, 0) is 6.42 Å². The molecule has 0 rings (SSSR count). The van der Waals surface area contributed by atoms with Gasteiger partial charge in [-0.15, -0.1) is 0 Å². The number of hydrogen-bond acceptors (Lipinski definition) is 2. The quantitative estimate of drug-likeness (QED) is 0.163. The zero-order chi connectivity index (χ0) is 17.2. The van der Waals surface area contributed by atoms with Crippen molar-refractivity contribution in [1.82, 2.24) is 0 Å². The second-order valence-electron chi connectivity index (χ2n) is 6.63. The largest absolute Gasteiger partial charge is 0 e. The third-order valence-corrected chi connectivity index (χ3v) is 4.78. The minimum atomic E-state index is -4.26. The zero-order valence-corrected chi connectivity index (χ0v) is 19.7. The summed E-state index contributed by atoms with van der Waals surface area (Å²) >= 11 is 0. The minimum Gasteiger partial charge on any atom is 0 e. The molecule has 4 nitrogen and oxygen atoms in total. The van der Waals surface area contributed by atoms with E-state index >= 15 is 0 Å². The van der Waals surface area contributed by atoms with Crippen molar-refractivity contribution in [2.75, 3.05) is 6.61 Å². The van der Waals surface area contributed by atoms with Crippen molar-refractivity contribution in [2.24, 2.45) is 0 Å². The van der Waals surface area contributed by atoms with Crippen molar-refractivity contribution in [1.29, 1.82) is 0 Å². The van der Waals surface area contributed by atoms with Crippen molar-refractivity contribution in [2.45, 2.75) is 110 Å². The molecule has 0 heterocycles. The second kappa shape index (κ2) is 23.8. The molecule has 0 saturated carbocycles. The normalized spacial score (nSPS) is 11.0. The number of hydrogen-bond donors (Lipinski definition) is 2. The number of phosphoric acid groups is 1. The van der Waals surface area contributed by atoms with Gasteiger partial charge in [-0.3, -0.25) is 4.52 Å². The Morgan fingerprint density at radius 3 is 1.20 bits per heavy atom. The van der Waals surface area contributed by atoms with Crippen LogP contribution in [0.2, 0.25) is 0 Å². The molecule has 7 heteroatoms. The predicted molar refractivity (Wildman–Crippen MR) is 105 cm³/mol. The number of phosphoric ester groups is 1. The molecular weight excluding hydrogens is 400 g/mol. The molecule has 0 radical (unpaired) electrons. The molecule has 0 aliphatic carbocycles. The molecule has 0 saturated heterocycles. The van der Waals surface area contributed by atoms with Gasteiger partial charge in [-0.2, -0.15) is 0 Å². The van der Waals surface area contributed by atoms with Gasteiger partial charge >= 0.3 is 37.4 Å². The molecule has 0 amide bonds. The summed E-state index contributed by atoms with van der Waals surface area (Å²) in [6, 6.07) is 0. The monoisotopic (exact) mass is 438 g/mol. The van der Waals surface area contributed by atoms with Gasteiger partial charge in [0.1, 0.15) is 0 Å². The molecule has 144 valence electrons. The number of rotatable bonds is 18. The van der Waals surface area contributed by atoms with E-state index in [2.05, 4.69) is 11.4 Å². The molecule has 0 atom stereocenters. The molecule has 0 aliphatic heterocycles. The van der Waals surface area contributed by atoms with E-state index in [1.807, 2.05) is 0 Å². The van der Waals surface area contributed by atoms with E-state index < -0.39 is 7.82 Å². The maximum atomic E-state index is 10.5. The fraction of sp³-hybridized carbons (Fsp3) is 1.00. The first-order valence-electron chi connectivity index (χ1n) is 9.76. The SMILES string of the molecule is CCCCCCCCCCCCCCCCCCOP(=O)(O)O.[NaH].[Zn]. The van der Waals surface area contributed by atoms with Crippen LogP contribution in [0.4, 0.5) is 0 Å². The molecule has 0 aromatic heterocycles. The molecule has 25 heavy (non-hydrogen) atoms. The Bertz CT molecular complexity index is 290. The standard InChI is InChI=1S/C18H39O4P.Na.Zn.H/c1-2-3-4-5-6-7-8-9-10-11-12-13-14-15-16-17-18-22-23(19,20)21;;;/h2-18H2,1H3,(H2,19,20,21);;;. The van der Waals surface area contributed by atoms with Crippen LogP contribution in [0.25, 0.3) is 0 Å². The summed E-state index contributed by atoms with van der Waals surface area (Å²) in [5.74, 6) is 0. The summed E-state index contributed by atoms with van der Waals surface area (Å²) in [6.45, 7) is 2.43. The Labute approximate surface area is 190 Å². The Balaban J connectivity index is -0.00000242. The Hall–Kier alpha value is 1.73. The Morgan fingerprint density at radius 1 is 0.640 bits per heavy atom. The minimum absolute atomic E-state index is 0. The van der Waals surface area contributed by atoms with E-state index in [-0.39, 0.29) is 55.6 Å². The first-order valence-corrected chi connectivity index (χ1v) is 11.3. The van der Waals surface area contributed by atoms with Crippen molar-refractivity contribution >= 4 is 37.4 Å². The van der Waals surface area contributed by atoms with E-state index in [4.69, 9.17) is 9.79 Å². The van der Waals surface area contributed by atoms with Crippen molar-refractivity contribution < 1.29 is 38.4 Å². The number of unbranched alkanes of at least 4 members (excludes halogenated alkanes) is 15. The van der Waals surface area contributed by atoms with Crippen LogP contribution in [0, 0.1) is 0 Å². The summed E-state index contributed by atoms with van der Waals surface area (Å²) in [7, 11) is -4.26.